The number of amides is 3. The maximum atomic E-state index is 14.2. The van der Waals surface area contributed by atoms with Gasteiger partial charge in [0.05, 0.1) is 0 Å². The van der Waals surface area contributed by atoms with Crippen molar-refractivity contribution in [1.29, 1.82) is 0 Å². The van der Waals surface area contributed by atoms with Gasteiger partial charge in [-0.3, -0.25) is 9.59 Å². The topological polar surface area (TPSA) is 87.7 Å². The van der Waals surface area contributed by atoms with E-state index in [1.165, 1.54) is 0 Å². The Balaban J connectivity index is 3.58. The van der Waals surface area contributed by atoms with Crippen LogP contribution in [0.1, 0.15) is 104 Å². The summed E-state index contributed by atoms with van der Waals surface area (Å²) in [5, 5.41) is 5.83. The summed E-state index contributed by atoms with van der Waals surface area (Å²) in [7, 11) is 0. The van der Waals surface area contributed by atoms with Crippen molar-refractivity contribution in [2.24, 2.45) is 5.92 Å². The lowest BCUT2D eigenvalue weighted by Crippen LogP contribution is -2.59. The summed E-state index contributed by atoms with van der Waals surface area (Å²) in [6, 6.07) is 4.28. The molecular formula is C29H49N3O4. The van der Waals surface area contributed by atoms with Crippen LogP contribution in [-0.2, 0) is 14.3 Å². The van der Waals surface area contributed by atoms with Crippen LogP contribution in [0.5, 0.6) is 0 Å². The minimum Gasteiger partial charge on any atom is -0.444 e. The number of nitrogens with one attached hydrogen (secondary N) is 2. The molecule has 2 unspecified atom stereocenters. The second-order valence-electron chi connectivity index (χ2n) is 12.2. The van der Waals surface area contributed by atoms with Gasteiger partial charge in [-0.25, -0.2) is 4.79 Å². The number of alkyl carbamates (subject to hydrolysis) is 1. The van der Waals surface area contributed by atoms with Gasteiger partial charge in [-0.2, -0.15) is 0 Å². The highest BCUT2D eigenvalue weighted by atomic mass is 16.6. The Hall–Kier alpha value is -2.57. The molecule has 0 saturated carbocycles. The van der Waals surface area contributed by atoms with Crippen LogP contribution in [0.2, 0.25) is 0 Å². The molecule has 2 N–H and O–H groups in total. The number of unbranched alkanes of at least 4 members (excludes halogenated alkanes) is 1. The third-order valence-corrected chi connectivity index (χ3v) is 5.55. The van der Waals surface area contributed by atoms with Gasteiger partial charge in [0.15, 0.2) is 0 Å². The van der Waals surface area contributed by atoms with Gasteiger partial charge in [0.25, 0.3) is 0 Å². The number of carbonyl (C=O) groups excluding carboxylic acids is 3. The Morgan fingerprint density at radius 3 is 1.97 bits per heavy atom. The number of hydrogen-bond donors (Lipinski definition) is 2. The van der Waals surface area contributed by atoms with Crippen molar-refractivity contribution in [3.63, 3.8) is 0 Å². The number of aryl methyl sites for hydroxylation is 2. The zero-order chi connectivity index (χ0) is 27.8. The van der Waals surface area contributed by atoms with Crippen molar-refractivity contribution < 1.29 is 19.1 Å². The molecule has 0 aromatic heterocycles. The Labute approximate surface area is 218 Å². The van der Waals surface area contributed by atoms with E-state index in [2.05, 4.69) is 17.6 Å². The molecule has 204 valence electrons. The number of benzene rings is 1. The van der Waals surface area contributed by atoms with Gasteiger partial charge in [-0.1, -0.05) is 56.5 Å². The first kappa shape index (κ1) is 31.5. The lowest BCUT2D eigenvalue weighted by Gasteiger charge is -2.43. The van der Waals surface area contributed by atoms with Crippen LogP contribution in [0.3, 0.4) is 0 Å². The predicted octanol–water partition coefficient (Wildman–Crippen LogP) is 5.83. The first-order chi connectivity index (χ1) is 16.5. The molecule has 2 atom stereocenters. The van der Waals surface area contributed by atoms with Crippen molar-refractivity contribution in [1.82, 2.24) is 15.5 Å². The number of nitrogens with zero attached hydrogens (tertiary/aromatic N) is 1. The second kappa shape index (κ2) is 13.1. The molecule has 7 nitrogen and oxygen atoms in total. The monoisotopic (exact) mass is 503 g/mol. The maximum Gasteiger partial charge on any atom is 0.408 e. The van der Waals surface area contributed by atoms with Gasteiger partial charge in [0, 0.05) is 12.1 Å². The van der Waals surface area contributed by atoms with Crippen LogP contribution >= 0.6 is 0 Å². The fourth-order valence-electron chi connectivity index (χ4n) is 4.23. The Morgan fingerprint density at radius 2 is 1.53 bits per heavy atom. The molecule has 0 aliphatic carbocycles. The average molecular weight is 504 g/mol. The first-order valence-electron chi connectivity index (χ1n) is 13.1. The molecule has 0 aliphatic heterocycles. The largest absolute Gasteiger partial charge is 0.444 e. The molecule has 36 heavy (non-hydrogen) atoms. The minimum absolute atomic E-state index is 0.133. The van der Waals surface area contributed by atoms with Gasteiger partial charge < -0.3 is 20.3 Å². The molecule has 7 heteroatoms. The maximum absolute atomic E-state index is 14.2. The standard InChI is InChI=1S/C29H49N3O4/c1-12-13-14-30-25(33)24(22-17-20(4)16-21(5)18-22)32(28(6,7)8)26(34)23(15-19(2)3)31-27(35)36-29(9,10)11/h16-19,23-24H,12-15H2,1-11H3,(H,30,33)(H,31,35). The summed E-state index contributed by atoms with van der Waals surface area (Å²) >= 11 is 0. The van der Waals surface area contributed by atoms with Crippen LogP contribution in [0.4, 0.5) is 4.79 Å². The van der Waals surface area contributed by atoms with Crippen LogP contribution in [0.25, 0.3) is 0 Å². The molecule has 0 aliphatic rings. The molecule has 0 bridgehead atoms. The highest BCUT2D eigenvalue weighted by Crippen LogP contribution is 2.32. The quantitative estimate of drug-likeness (QED) is 0.393. The zero-order valence-electron chi connectivity index (χ0n) is 24.4. The van der Waals surface area contributed by atoms with Gasteiger partial charge in [0.1, 0.15) is 17.7 Å². The van der Waals surface area contributed by atoms with E-state index in [0.29, 0.717) is 13.0 Å². The fourth-order valence-corrected chi connectivity index (χ4v) is 4.23. The molecule has 1 aromatic rings. The molecule has 0 saturated heterocycles. The highest BCUT2D eigenvalue weighted by molar-refractivity contribution is 5.92. The van der Waals surface area contributed by atoms with E-state index in [1.54, 1.807) is 25.7 Å². The van der Waals surface area contributed by atoms with Crippen LogP contribution in [0.15, 0.2) is 18.2 Å². The van der Waals surface area contributed by atoms with Crippen LogP contribution in [0, 0.1) is 19.8 Å². The van der Waals surface area contributed by atoms with Crippen molar-refractivity contribution in [3.8, 4) is 0 Å². The van der Waals surface area contributed by atoms with Crippen LogP contribution in [-0.4, -0.2) is 46.5 Å². The lowest BCUT2D eigenvalue weighted by atomic mass is 9.92. The van der Waals surface area contributed by atoms with Crippen molar-refractivity contribution in [3.05, 3.63) is 34.9 Å². The molecule has 1 aromatic carbocycles. The molecule has 0 spiro atoms. The number of ether oxygens (including phenoxy) is 1. The number of hydrogen-bond acceptors (Lipinski definition) is 4. The van der Waals surface area contributed by atoms with Gasteiger partial charge >= 0.3 is 6.09 Å². The minimum atomic E-state index is -0.844. The number of carbonyl (C=O) groups is 3. The van der Waals surface area contributed by atoms with E-state index in [0.717, 1.165) is 29.5 Å². The Bertz CT molecular complexity index is 877. The Kier molecular flexibility index (Phi) is 11.5. The summed E-state index contributed by atoms with van der Waals surface area (Å²) in [5.41, 5.74) is 1.39. The normalized spacial score (nSPS) is 13.7. The van der Waals surface area contributed by atoms with Crippen molar-refractivity contribution >= 4 is 17.9 Å². The summed E-state index contributed by atoms with van der Waals surface area (Å²) < 4.78 is 5.45. The van der Waals surface area contributed by atoms with Crippen LogP contribution < -0.4 is 10.6 Å². The second-order valence-corrected chi connectivity index (χ2v) is 12.2. The van der Waals surface area contributed by atoms with E-state index >= 15 is 0 Å². The summed E-state index contributed by atoms with van der Waals surface area (Å²) in [6.07, 6.45) is 1.57. The highest BCUT2D eigenvalue weighted by Gasteiger charge is 2.42. The molecule has 1 rings (SSSR count). The van der Waals surface area contributed by atoms with Gasteiger partial charge in [-0.15, -0.1) is 0 Å². The van der Waals surface area contributed by atoms with E-state index in [-0.39, 0.29) is 17.7 Å². The lowest BCUT2D eigenvalue weighted by molar-refractivity contribution is -0.148. The van der Waals surface area contributed by atoms with E-state index in [1.807, 2.05) is 66.7 Å². The smallest absolute Gasteiger partial charge is 0.408 e. The summed E-state index contributed by atoms with van der Waals surface area (Å²) in [6.45, 7) is 21.7. The zero-order valence-corrected chi connectivity index (χ0v) is 24.4. The van der Waals surface area contributed by atoms with E-state index in [9.17, 15) is 14.4 Å². The Morgan fingerprint density at radius 1 is 0.972 bits per heavy atom. The fraction of sp³-hybridized carbons (Fsp3) is 0.690. The first-order valence-corrected chi connectivity index (χ1v) is 13.1. The third-order valence-electron chi connectivity index (χ3n) is 5.55. The van der Waals surface area contributed by atoms with E-state index in [4.69, 9.17) is 4.74 Å². The molecule has 0 heterocycles. The van der Waals surface area contributed by atoms with Crippen molar-refractivity contribution in [2.75, 3.05) is 6.54 Å². The summed E-state index contributed by atoms with van der Waals surface area (Å²) in [4.78, 5) is 42.2. The molecule has 0 radical (unpaired) electrons. The molecule has 0 fully saturated rings. The third kappa shape index (κ3) is 10.2. The van der Waals surface area contributed by atoms with Gasteiger partial charge in [0.2, 0.25) is 11.8 Å². The average Bonchev–Trinajstić information content (AvgIpc) is 2.67. The number of rotatable bonds is 10. The SMILES string of the molecule is CCCCNC(=O)C(c1cc(C)cc(C)c1)N(C(=O)C(CC(C)C)NC(=O)OC(C)(C)C)C(C)(C)C. The van der Waals surface area contributed by atoms with Crippen molar-refractivity contribution in [2.45, 2.75) is 119 Å². The molecular weight excluding hydrogens is 454 g/mol. The molecule has 3 amide bonds. The predicted molar refractivity (Wildman–Crippen MR) is 146 cm³/mol. The summed E-state index contributed by atoms with van der Waals surface area (Å²) in [5.74, 6) is -0.400. The van der Waals surface area contributed by atoms with E-state index < -0.39 is 29.3 Å². The van der Waals surface area contributed by atoms with Gasteiger partial charge in [-0.05, 0) is 79.7 Å².